The Balaban J connectivity index is 1.86. The Kier molecular flexibility index (Phi) is 5.14. The molecule has 1 amide bonds. The van der Waals surface area contributed by atoms with Gasteiger partial charge in [0, 0.05) is 5.69 Å². The van der Waals surface area contributed by atoms with Gasteiger partial charge in [-0.2, -0.15) is 0 Å². The minimum Gasteiger partial charge on any atom is -0.457 e. The highest BCUT2D eigenvalue weighted by Gasteiger charge is 2.15. The molecule has 0 heterocycles. The largest absolute Gasteiger partial charge is 0.457 e. The molecule has 0 unspecified atom stereocenters. The molecule has 0 aliphatic rings. The fourth-order valence-corrected chi connectivity index (χ4v) is 2.66. The number of carbonyl (C=O) groups excluding carboxylic acids is 1. The molecule has 1 N–H and O–H groups in total. The van der Waals surface area contributed by atoms with Gasteiger partial charge in [0.05, 0.1) is 5.56 Å². The first kappa shape index (κ1) is 16.8. The zero-order valence-electron chi connectivity index (χ0n) is 14.4. The minimum absolute atomic E-state index is 0.181. The predicted octanol–water partition coefficient (Wildman–Crippen LogP) is 5.85. The average Bonchev–Trinajstić information content (AvgIpc) is 2.63. The van der Waals surface area contributed by atoms with Crippen LogP contribution in [0, 0.1) is 0 Å². The summed E-state index contributed by atoms with van der Waals surface area (Å²) in [5.74, 6) is 1.38. The van der Waals surface area contributed by atoms with Crippen molar-refractivity contribution < 1.29 is 9.53 Å². The number of benzene rings is 3. The van der Waals surface area contributed by atoms with E-state index in [0.29, 0.717) is 23.0 Å². The number of hydrogen-bond donors (Lipinski definition) is 1. The summed E-state index contributed by atoms with van der Waals surface area (Å²) in [6.45, 7) is 4.22. The van der Waals surface area contributed by atoms with Crippen molar-refractivity contribution in [3.63, 3.8) is 0 Å². The number of rotatable bonds is 5. The molecule has 3 aromatic rings. The third kappa shape index (κ3) is 4.07. The van der Waals surface area contributed by atoms with E-state index >= 15 is 0 Å². The topological polar surface area (TPSA) is 38.3 Å². The molecule has 0 radical (unpaired) electrons. The van der Waals surface area contributed by atoms with Crippen LogP contribution in [0.25, 0.3) is 0 Å². The summed E-state index contributed by atoms with van der Waals surface area (Å²) >= 11 is 0. The number of nitrogens with one attached hydrogen (secondary N) is 1. The third-order valence-corrected chi connectivity index (χ3v) is 3.93. The summed E-state index contributed by atoms with van der Waals surface area (Å²) < 4.78 is 5.89. The maximum Gasteiger partial charge on any atom is 0.259 e. The van der Waals surface area contributed by atoms with Crippen molar-refractivity contribution in [2.45, 2.75) is 19.8 Å². The maximum atomic E-state index is 12.8. The quantitative estimate of drug-likeness (QED) is 0.636. The van der Waals surface area contributed by atoms with Crippen molar-refractivity contribution in [1.29, 1.82) is 0 Å². The van der Waals surface area contributed by atoms with E-state index in [2.05, 4.69) is 19.2 Å². The second-order valence-electron chi connectivity index (χ2n) is 6.11. The maximum absolute atomic E-state index is 12.8. The van der Waals surface area contributed by atoms with Gasteiger partial charge in [0.1, 0.15) is 11.5 Å². The average molecular weight is 331 g/mol. The molecule has 0 aliphatic carbocycles. The van der Waals surface area contributed by atoms with Gasteiger partial charge >= 0.3 is 0 Å². The van der Waals surface area contributed by atoms with Gasteiger partial charge in [-0.15, -0.1) is 0 Å². The number of para-hydroxylation sites is 3. The van der Waals surface area contributed by atoms with E-state index in [1.165, 1.54) is 0 Å². The van der Waals surface area contributed by atoms with E-state index in [4.69, 9.17) is 4.74 Å². The second kappa shape index (κ2) is 7.67. The van der Waals surface area contributed by atoms with Crippen LogP contribution in [0.3, 0.4) is 0 Å². The lowest BCUT2D eigenvalue weighted by molar-refractivity contribution is 0.102. The van der Waals surface area contributed by atoms with Crippen LogP contribution in [-0.2, 0) is 0 Å². The lowest BCUT2D eigenvalue weighted by atomic mass is 10.0. The molecule has 0 fully saturated rings. The van der Waals surface area contributed by atoms with Gasteiger partial charge in [-0.1, -0.05) is 62.4 Å². The Morgan fingerprint density at radius 1 is 0.840 bits per heavy atom. The van der Waals surface area contributed by atoms with E-state index in [-0.39, 0.29) is 5.91 Å². The molecule has 3 aromatic carbocycles. The third-order valence-electron chi connectivity index (χ3n) is 3.93. The van der Waals surface area contributed by atoms with Gasteiger partial charge in [0.15, 0.2) is 0 Å². The SMILES string of the molecule is CC(C)c1ccccc1NC(=O)c1ccccc1Oc1ccccc1. The van der Waals surface area contributed by atoms with Crippen LogP contribution in [0.2, 0.25) is 0 Å². The molecule has 3 nitrogen and oxygen atoms in total. The van der Waals surface area contributed by atoms with Crippen molar-refractivity contribution in [2.24, 2.45) is 0 Å². The molecule has 0 saturated carbocycles. The Labute approximate surface area is 148 Å². The van der Waals surface area contributed by atoms with E-state index in [1.807, 2.05) is 66.7 Å². The lowest BCUT2D eigenvalue weighted by Gasteiger charge is -2.15. The van der Waals surface area contributed by atoms with Gasteiger partial charge in [0.2, 0.25) is 0 Å². The van der Waals surface area contributed by atoms with Crippen molar-refractivity contribution in [3.05, 3.63) is 90.0 Å². The van der Waals surface area contributed by atoms with E-state index in [1.54, 1.807) is 12.1 Å². The van der Waals surface area contributed by atoms with Gasteiger partial charge < -0.3 is 10.1 Å². The summed E-state index contributed by atoms with van der Waals surface area (Å²) in [5.41, 5.74) is 2.44. The molecule has 0 saturated heterocycles. The number of carbonyl (C=O) groups is 1. The van der Waals surface area contributed by atoms with Crippen molar-refractivity contribution in [2.75, 3.05) is 5.32 Å². The Morgan fingerprint density at radius 2 is 1.48 bits per heavy atom. The molecule has 3 heteroatoms. The van der Waals surface area contributed by atoms with Gasteiger partial charge in [-0.25, -0.2) is 0 Å². The molecule has 3 rings (SSSR count). The first-order valence-corrected chi connectivity index (χ1v) is 8.37. The normalized spacial score (nSPS) is 10.5. The fourth-order valence-electron chi connectivity index (χ4n) is 2.66. The molecule has 0 bridgehead atoms. The highest BCUT2D eigenvalue weighted by atomic mass is 16.5. The van der Waals surface area contributed by atoms with Crippen molar-refractivity contribution >= 4 is 11.6 Å². The van der Waals surface area contributed by atoms with Crippen LogP contribution < -0.4 is 10.1 Å². The molecule has 0 spiro atoms. The monoisotopic (exact) mass is 331 g/mol. The Morgan fingerprint density at radius 3 is 2.24 bits per heavy atom. The Hall–Kier alpha value is -3.07. The van der Waals surface area contributed by atoms with Gasteiger partial charge in [0.25, 0.3) is 5.91 Å². The summed E-state index contributed by atoms with van der Waals surface area (Å²) in [6, 6.07) is 24.6. The summed E-state index contributed by atoms with van der Waals surface area (Å²) in [5, 5.41) is 3.02. The summed E-state index contributed by atoms with van der Waals surface area (Å²) in [6.07, 6.45) is 0. The smallest absolute Gasteiger partial charge is 0.259 e. The first-order chi connectivity index (χ1) is 12.1. The van der Waals surface area contributed by atoms with Gasteiger partial charge in [-0.05, 0) is 41.8 Å². The highest BCUT2D eigenvalue weighted by Crippen LogP contribution is 2.28. The molecular weight excluding hydrogens is 310 g/mol. The van der Waals surface area contributed by atoms with Crippen LogP contribution in [0.4, 0.5) is 5.69 Å². The zero-order valence-corrected chi connectivity index (χ0v) is 14.4. The van der Waals surface area contributed by atoms with Crippen molar-refractivity contribution in [3.8, 4) is 11.5 Å². The molecule has 126 valence electrons. The van der Waals surface area contributed by atoms with Crippen LogP contribution in [-0.4, -0.2) is 5.91 Å². The molecular formula is C22H21NO2. The number of ether oxygens (including phenoxy) is 1. The molecule has 0 aromatic heterocycles. The standard InChI is InChI=1S/C22H21NO2/c1-16(2)18-12-6-8-14-20(18)23-22(24)19-13-7-9-15-21(19)25-17-10-4-3-5-11-17/h3-16H,1-2H3,(H,23,24). The fraction of sp³-hybridized carbons (Fsp3) is 0.136. The number of anilines is 1. The first-order valence-electron chi connectivity index (χ1n) is 8.37. The van der Waals surface area contributed by atoms with Crippen LogP contribution in [0.1, 0.15) is 35.7 Å². The molecule has 25 heavy (non-hydrogen) atoms. The van der Waals surface area contributed by atoms with E-state index in [0.717, 1.165) is 11.3 Å². The Bertz CT molecular complexity index is 857. The summed E-state index contributed by atoms with van der Waals surface area (Å²) in [4.78, 5) is 12.8. The molecule has 0 atom stereocenters. The zero-order chi connectivity index (χ0) is 17.6. The lowest BCUT2D eigenvalue weighted by Crippen LogP contribution is -2.14. The van der Waals surface area contributed by atoms with Crippen LogP contribution in [0.15, 0.2) is 78.9 Å². The number of hydrogen-bond acceptors (Lipinski definition) is 2. The number of amides is 1. The van der Waals surface area contributed by atoms with Gasteiger partial charge in [-0.3, -0.25) is 4.79 Å². The van der Waals surface area contributed by atoms with Crippen LogP contribution >= 0.6 is 0 Å². The highest BCUT2D eigenvalue weighted by molar-refractivity contribution is 6.06. The van der Waals surface area contributed by atoms with Crippen molar-refractivity contribution in [1.82, 2.24) is 0 Å². The van der Waals surface area contributed by atoms with E-state index < -0.39 is 0 Å². The summed E-state index contributed by atoms with van der Waals surface area (Å²) in [7, 11) is 0. The van der Waals surface area contributed by atoms with Crippen LogP contribution in [0.5, 0.6) is 11.5 Å². The predicted molar refractivity (Wildman–Crippen MR) is 101 cm³/mol. The van der Waals surface area contributed by atoms with E-state index in [9.17, 15) is 4.79 Å². The molecule has 0 aliphatic heterocycles. The second-order valence-corrected chi connectivity index (χ2v) is 6.11. The minimum atomic E-state index is -0.181.